The third-order valence-electron chi connectivity index (χ3n) is 1.66. The Labute approximate surface area is 71.1 Å². The van der Waals surface area contributed by atoms with Crippen molar-refractivity contribution in [3.8, 4) is 0 Å². The lowest BCUT2D eigenvalue weighted by Gasteiger charge is -2.01. The molecule has 0 aromatic carbocycles. The minimum atomic E-state index is -0.897. The number of pyridine rings is 1. The monoisotopic (exact) mass is 165 g/mol. The number of rotatable bonds is 3. The van der Waals surface area contributed by atoms with Crippen LogP contribution in [0.2, 0.25) is 0 Å². The summed E-state index contributed by atoms with van der Waals surface area (Å²) in [6.07, 6.45) is 4.76. The maximum atomic E-state index is 10.7. The second-order valence-electron chi connectivity index (χ2n) is 2.59. The molecule has 0 radical (unpaired) electrons. The number of carboxylic acid groups (broad SMARTS) is 1. The molecule has 1 N–H and O–H groups in total. The van der Waals surface area contributed by atoms with E-state index >= 15 is 0 Å². The summed E-state index contributed by atoms with van der Waals surface area (Å²) in [6.45, 7) is 2.02. The van der Waals surface area contributed by atoms with Crippen molar-refractivity contribution in [3.63, 3.8) is 0 Å². The van der Waals surface area contributed by atoms with Crippen molar-refractivity contribution in [3.05, 3.63) is 29.6 Å². The second-order valence-corrected chi connectivity index (χ2v) is 2.59. The van der Waals surface area contributed by atoms with E-state index in [1.54, 1.807) is 12.3 Å². The second kappa shape index (κ2) is 3.85. The van der Waals surface area contributed by atoms with Gasteiger partial charge in [-0.05, 0) is 18.1 Å². The van der Waals surface area contributed by atoms with Crippen LogP contribution in [0.1, 0.15) is 29.3 Å². The molecule has 0 amide bonds. The van der Waals surface area contributed by atoms with E-state index in [9.17, 15) is 4.79 Å². The van der Waals surface area contributed by atoms with Crippen molar-refractivity contribution < 1.29 is 9.90 Å². The molecule has 0 aliphatic carbocycles. The van der Waals surface area contributed by atoms with Crippen LogP contribution in [-0.4, -0.2) is 16.1 Å². The highest BCUT2D eigenvalue weighted by Crippen LogP contribution is 2.08. The molecule has 64 valence electrons. The SMILES string of the molecule is CCCc1ccncc1C(=O)O. The summed E-state index contributed by atoms with van der Waals surface area (Å²) in [7, 11) is 0. The van der Waals surface area contributed by atoms with Crippen LogP contribution >= 0.6 is 0 Å². The number of aromatic nitrogens is 1. The van der Waals surface area contributed by atoms with Crippen molar-refractivity contribution in [1.82, 2.24) is 4.98 Å². The zero-order chi connectivity index (χ0) is 8.97. The lowest BCUT2D eigenvalue weighted by molar-refractivity contribution is 0.0695. The van der Waals surface area contributed by atoms with Crippen LogP contribution in [0.25, 0.3) is 0 Å². The normalized spacial score (nSPS) is 9.75. The maximum absolute atomic E-state index is 10.7. The first kappa shape index (κ1) is 8.71. The fourth-order valence-electron chi connectivity index (χ4n) is 1.10. The lowest BCUT2D eigenvalue weighted by Crippen LogP contribution is -2.02. The van der Waals surface area contributed by atoms with Gasteiger partial charge in [-0.2, -0.15) is 0 Å². The summed E-state index contributed by atoms with van der Waals surface area (Å²) in [5, 5.41) is 8.75. The van der Waals surface area contributed by atoms with Crippen LogP contribution in [0.15, 0.2) is 18.5 Å². The van der Waals surface area contributed by atoms with Gasteiger partial charge in [0.2, 0.25) is 0 Å². The van der Waals surface area contributed by atoms with E-state index in [0.29, 0.717) is 5.56 Å². The van der Waals surface area contributed by atoms with E-state index in [1.807, 2.05) is 6.92 Å². The van der Waals surface area contributed by atoms with Gasteiger partial charge in [0.25, 0.3) is 0 Å². The van der Waals surface area contributed by atoms with Crippen molar-refractivity contribution in [2.75, 3.05) is 0 Å². The summed E-state index contributed by atoms with van der Waals surface area (Å²) in [5.41, 5.74) is 1.18. The molecule has 0 aliphatic rings. The van der Waals surface area contributed by atoms with Gasteiger partial charge < -0.3 is 5.11 Å². The number of carboxylic acids is 1. The van der Waals surface area contributed by atoms with Gasteiger partial charge in [0, 0.05) is 12.4 Å². The van der Waals surface area contributed by atoms with Crippen LogP contribution < -0.4 is 0 Å². The van der Waals surface area contributed by atoms with E-state index in [0.717, 1.165) is 18.4 Å². The number of aryl methyl sites for hydroxylation is 1. The summed E-state index contributed by atoms with van der Waals surface area (Å²) in [4.78, 5) is 14.4. The Morgan fingerprint density at radius 1 is 1.67 bits per heavy atom. The Balaban J connectivity index is 3.00. The molecule has 0 aliphatic heterocycles. The first-order valence-corrected chi connectivity index (χ1v) is 3.92. The van der Waals surface area contributed by atoms with E-state index in [-0.39, 0.29) is 0 Å². The topological polar surface area (TPSA) is 50.2 Å². The van der Waals surface area contributed by atoms with Crippen molar-refractivity contribution in [2.45, 2.75) is 19.8 Å². The van der Waals surface area contributed by atoms with Gasteiger partial charge in [0.1, 0.15) is 0 Å². The van der Waals surface area contributed by atoms with Crippen molar-refractivity contribution in [1.29, 1.82) is 0 Å². The van der Waals surface area contributed by atoms with Crippen LogP contribution in [0, 0.1) is 0 Å². The van der Waals surface area contributed by atoms with Gasteiger partial charge in [0.05, 0.1) is 5.56 Å². The quantitative estimate of drug-likeness (QED) is 0.742. The molecule has 0 atom stereocenters. The summed E-state index contributed by atoms with van der Waals surface area (Å²) in [5.74, 6) is -0.897. The fraction of sp³-hybridized carbons (Fsp3) is 0.333. The van der Waals surface area contributed by atoms with Crippen LogP contribution in [0.4, 0.5) is 0 Å². The van der Waals surface area contributed by atoms with Crippen LogP contribution in [0.3, 0.4) is 0 Å². The zero-order valence-electron chi connectivity index (χ0n) is 6.95. The molecule has 0 fully saturated rings. The molecule has 1 aromatic rings. The molecule has 0 saturated carbocycles. The molecule has 12 heavy (non-hydrogen) atoms. The molecule has 3 heteroatoms. The summed E-state index contributed by atoms with van der Waals surface area (Å²) < 4.78 is 0. The minimum Gasteiger partial charge on any atom is -0.478 e. The predicted octanol–water partition coefficient (Wildman–Crippen LogP) is 1.73. The summed E-state index contributed by atoms with van der Waals surface area (Å²) >= 11 is 0. The number of hydrogen-bond donors (Lipinski definition) is 1. The Morgan fingerprint density at radius 2 is 2.42 bits per heavy atom. The highest BCUT2D eigenvalue weighted by atomic mass is 16.4. The Morgan fingerprint density at radius 3 is 3.00 bits per heavy atom. The van der Waals surface area contributed by atoms with Gasteiger partial charge in [0.15, 0.2) is 0 Å². The summed E-state index contributed by atoms with van der Waals surface area (Å²) in [6, 6.07) is 1.76. The van der Waals surface area contributed by atoms with Gasteiger partial charge in [-0.3, -0.25) is 4.98 Å². The predicted molar refractivity (Wildman–Crippen MR) is 45.2 cm³/mol. The van der Waals surface area contributed by atoms with Gasteiger partial charge >= 0.3 is 5.97 Å². The number of nitrogens with zero attached hydrogens (tertiary/aromatic N) is 1. The van der Waals surface area contributed by atoms with E-state index < -0.39 is 5.97 Å². The molecule has 0 spiro atoms. The molecule has 0 unspecified atom stereocenters. The molecular formula is C9H11NO2. The first-order chi connectivity index (χ1) is 5.75. The minimum absolute atomic E-state index is 0.319. The highest BCUT2D eigenvalue weighted by molar-refractivity contribution is 5.88. The van der Waals surface area contributed by atoms with Crippen molar-refractivity contribution >= 4 is 5.97 Å². The molecular weight excluding hydrogens is 154 g/mol. The average molecular weight is 165 g/mol. The Kier molecular flexibility index (Phi) is 2.80. The third-order valence-corrected chi connectivity index (χ3v) is 1.66. The van der Waals surface area contributed by atoms with E-state index in [2.05, 4.69) is 4.98 Å². The zero-order valence-corrected chi connectivity index (χ0v) is 6.95. The Hall–Kier alpha value is -1.38. The molecule has 0 saturated heterocycles. The third kappa shape index (κ3) is 1.81. The molecule has 0 bridgehead atoms. The highest BCUT2D eigenvalue weighted by Gasteiger charge is 2.07. The van der Waals surface area contributed by atoms with Gasteiger partial charge in [-0.15, -0.1) is 0 Å². The van der Waals surface area contributed by atoms with Gasteiger partial charge in [-0.25, -0.2) is 4.79 Å². The smallest absolute Gasteiger partial charge is 0.337 e. The largest absolute Gasteiger partial charge is 0.478 e. The first-order valence-electron chi connectivity index (χ1n) is 3.92. The van der Waals surface area contributed by atoms with Crippen molar-refractivity contribution in [2.24, 2.45) is 0 Å². The molecule has 1 rings (SSSR count). The number of carbonyl (C=O) groups is 1. The van der Waals surface area contributed by atoms with E-state index in [1.165, 1.54) is 6.20 Å². The standard InChI is InChI=1S/C9H11NO2/c1-2-3-7-4-5-10-6-8(7)9(11)12/h4-6H,2-3H2,1H3,(H,11,12). The molecule has 1 aromatic heterocycles. The maximum Gasteiger partial charge on any atom is 0.337 e. The van der Waals surface area contributed by atoms with Crippen LogP contribution in [0.5, 0.6) is 0 Å². The number of aromatic carboxylic acids is 1. The van der Waals surface area contributed by atoms with E-state index in [4.69, 9.17) is 5.11 Å². The molecule has 3 nitrogen and oxygen atoms in total. The van der Waals surface area contributed by atoms with Gasteiger partial charge in [-0.1, -0.05) is 13.3 Å². The molecule has 1 heterocycles. The average Bonchev–Trinajstić information content (AvgIpc) is 2.05. The van der Waals surface area contributed by atoms with Crippen LogP contribution in [-0.2, 0) is 6.42 Å². The Bertz CT molecular complexity index is 284. The fourth-order valence-corrected chi connectivity index (χ4v) is 1.10. The number of hydrogen-bond acceptors (Lipinski definition) is 2. The lowest BCUT2D eigenvalue weighted by atomic mass is 10.1.